The predicted molar refractivity (Wildman–Crippen MR) is 67.1 cm³/mol. The summed E-state index contributed by atoms with van der Waals surface area (Å²) in [6.07, 6.45) is -0.686. The summed E-state index contributed by atoms with van der Waals surface area (Å²) in [7, 11) is 0. The molecule has 1 atom stereocenters. The average Bonchev–Trinajstić information content (AvgIpc) is 2.17. The minimum Gasteiger partial charge on any atom is -0.386 e. The Morgan fingerprint density at radius 2 is 1.88 bits per heavy atom. The molecule has 1 aromatic rings. The van der Waals surface area contributed by atoms with Crippen molar-refractivity contribution >= 4 is 23.2 Å². The Morgan fingerprint density at radius 3 is 2.38 bits per heavy atom. The molecule has 4 heteroatoms. The van der Waals surface area contributed by atoms with E-state index in [1.54, 1.807) is 18.2 Å². The normalized spacial score (nSPS) is 13.9. The van der Waals surface area contributed by atoms with E-state index in [-0.39, 0.29) is 12.2 Å². The summed E-state index contributed by atoms with van der Waals surface area (Å²) in [5.41, 5.74) is 0.440. The summed E-state index contributed by atoms with van der Waals surface area (Å²) < 4.78 is 5.49. The molecular formula is C12H16Cl2O2. The van der Waals surface area contributed by atoms with Crippen molar-refractivity contribution in [3.8, 4) is 0 Å². The lowest BCUT2D eigenvalue weighted by atomic mass is 10.1. The fraction of sp³-hybridized carbons (Fsp3) is 0.500. The van der Waals surface area contributed by atoms with Gasteiger partial charge in [-0.2, -0.15) is 0 Å². The lowest BCUT2D eigenvalue weighted by Gasteiger charge is -2.22. The maximum Gasteiger partial charge on any atom is 0.102 e. The second-order valence-corrected chi connectivity index (χ2v) is 5.43. The summed E-state index contributed by atoms with van der Waals surface area (Å²) in [5, 5.41) is 10.8. The highest BCUT2D eigenvalue weighted by Crippen LogP contribution is 2.26. The highest BCUT2D eigenvalue weighted by atomic mass is 35.5. The summed E-state index contributed by atoms with van der Waals surface area (Å²) in [6.45, 7) is 6.05. The van der Waals surface area contributed by atoms with Crippen LogP contribution >= 0.6 is 23.2 Å². The highest BCUT2D eigenvalue weighted by molar-refractivity contribution is 6.42. The summed E-state index contributed by atoms with van der Waals surface area (Å²) in [6, 6.07) is 5.06. The van der Waals surface area contributed by atoms with Gasteiger partial charge in [-0.15, -0.1) is 0 Å². The van der Waals surface area contributed by atoms with Gasteiger partial charge in [0.15, 0.2) is 0 Å². The second kappa shape index (κ2) is 5.37. The van der Waals surface area contributed by atoms with E-state index < -0.39 is 6.10 Å². The van der Waals surface area contributed by atoms with E-state index in [0.29, 0.717) is 15.6 Å². The Kier molecular flexibility index (Phi) is 4.62. The highest BCUT2D eigenvalue weighted by Gasteiger charge is 2.15. The van der Waals surface area contributed by atoms with Crippen molar-refractivity contribution in [3.05, 3.63) is 33.8 Å². The van der Waals surface area contributed by atoms with Crippen LogP contribution in [0.4, 0.5) is 0 Å². The molecule has 1 aromatic carbocycles. The molecule has 2 nitrogen and oxygen atoms in total. The van der Waals surface area contributed by atoms with Crippen molar-refractivity contribution in [1.29, 1.82) is 0 Å². The monoisotopic (exact) mass is 262 g/mol. The lowest BCUT2D eigenvalue weighted by Crippen LogP contribution is -2.22. The Bertz CT molecular complexity index is 359. The molecule has 0 saturated heterocycles. The van der Waals surface area contributed by atoms with Crippen LogP contribution in [-0.2, 0) is 4.74 Å². The van der Waals surface area contributed by atoms with Crippen molar-refractivity contribution < 1.29 is 9.84 Å². The van der Waals surface area contributed by atoms with Crippen molar-refractivity contribution in [3.63, 3.8) is 0 Å². The van der Waals surface area contributed by atoms with Gasteiger partial charge in [0.05, 0.1) is 22.3 Å². The van der Waals surface area contributed by atoms with Crippen LogP contribution in [0, 0.1) is 0 Å². The molecule has 1 rings (SSSR count). The first kappa shape index (κ1) is 13.8. The zero-order valence-corrected chi connectivity index (χ0v) is 11.1. The molecular weight excluding hydrogens is 247 g/mol. The molecule has 0 aliphatic carbocycles. The molecule has 0 aliphatic rings. The number of aliphatic hydroxyl groups is 1. The first-order valence-electron chi connectivity index (χ1n) is 5.06. The molecule has 0 saturated carbocycles. The first-order chi connectivity index (χ1) is 7.29. The number of hydrogen-bond acceptors (Lipinski definition) is 2. The third kappa shape index (κ3) is 4.30. The molecule has 0 spiro atoms. The molecule has 0 fully saturated rings. The van der Waals surface area contributed by atoms with E-state index in [4.69, 9.17) is 27.9 Å². The number of rotatable bonds is 3. The molecule has 0 bridgehead atoms. The zero-order valence-electron chi connectivity index (χ0n) is 9.63. The molecule has 0 aromatic heterocycles. The van der Waals surface area contributed by atoms with E-state index in [9.17, 15) is 5.11 Å². The minimum absolute atomic E-state index is 0.238. The maximum atomic E-state index is 9.87. The van der Waals surface area contributed by atoms with Crippen LogP contribution in [0.25, 0.3) is 0 Å². The summed E-state index contributed by atoms with van der Waals surface area (Å²) >= 11 is 11.7. The first-order valence-corrected chi connectivity index (χ1v) is 5.82. The van der Waals surface area contributed by atoms with Gasteiger partial charge < -0.3 is 9.84 Å². The van der Waals surface area contributed by atoms with E-state index in [1.807, 2.05) is 20.8 Å². The van der Waals surface area contributed by atoms with Crippen LogP contribution in [0.1, 0.15) is 32.4 Å². The van der Waals surface area contributed by atoms with Gasteiger partial charge >= 0.3 is 0 Å². The SMILES string of the molecule is CC(C)(C)OCC(O)c1ccc(Cl)c(Cl)c1. The molecule has 0 radical (unpaired) electrons. The smallest absolute Gasteiger partial charge is 0.102 e. The predicted octanol–water partition coefficient (Wildman–Crippen LogP) is 3.84. The summed E-state index contributed by atoms with van der Waals surface area (Å²) in [5.74, 6) is 0. The third-order valence-corrected chi connectivity index (χ3v) is 2.74. The van der Waals surface area contributed by atoms with Gasteiger partial charge in [0.25, 0.3) is 0 Å². The van der Waals surface area contributed by atoms with Crippen molar-refractivity contribution in [2.45, 2.75) is 32.5 Å². The Morgan fingerprint density at radius 1 is 1.25 bits per heavy atom. The second-order valence-electron chi connectivity index (χ2n) is 4.61. The van der Waals surface area contributed by atoms with Gasteiger partial charge in [-0.1, -0.05) is 29.3 Å². The molecule has 90 valence electrons. The standard InChI is InChI=1S/C12H16Cl2O2/c1-12(2,3)16-7-11(15)8-4-5-9(13)10(14)6-8/h4-6,11,15H,7H2,1-3H3. The third-order valence-electron chi connectivity index (χ3n) is 2.00. The molecule has 0 aliphatic heterocycles. The quantitative estimate of drug-likeness (QED) is 0.897. The van der Waals surface area contributed by atoms with Gasteiger partial charge in [-0.25, -0.2) is 0 Å². The number of halogens is 2. The van der Waals surface area contributed by atoms with Crippen molar-refractivity contribution in [1.82, 2.24) is 0 Å². The molecule has 1 unspecified atom stereocenters. The van der Waals surface area contributed by atoms with Crippen molar-refractivity contribution in [2.24, 2.45) is 0 Å². The fourth-order valence-corrected chi connectivity index (χ4v) is 1.45. The van der Waals surface area contributed by atoms with Crippen LogP contribution < -0.4 is 0 Å². The number of aliphatic hydroxyl groups excluding tert-OH is 1. The molecule has 0 heterocycles. The van der Waals surface area contributed by atoms with E-state index in [0.717, 1.165) is 0 Å². The minimum atomic E-state index is -0.686. The van der Waals surface area contributed by atoms with Gasteiger partial charge in [-0.05, 0) is 38.5 Å². The van der Waals surface area contributed by atoms with E-state index >= 15 is 0 Å². The largest absolute Gasteiger partial charge is 0.386 e. The molecule has 16 heavy (non-hydrogen) atoms. The van der Waals surface area contributed by atoms with E-state index in [2.05, 4.69) is 0 Å². The number of hydrogen-bond donors (Lipinski definition) is 1. The van der Waals surface area contributed by atoms with Gasteiger partial charge in [0, 0.05) is 0 Å². The Labute approximate surface area is 106 Å². The van der Waals surface area contributed by atoms with Gasteiger partial charge in [0.1, 0.15) is 6.10 Å². The van der Waals surface area contributed by atoms with E-state index in [1.165, 1.54) is 0 Å². The zero-order chi connectivity index (χ0) is 12.3. The lowest BCUT2D eigenvalue weighted by molar-refractivity contribution is -0.0496. The topological polar surface area (TPSA) is 29.5 Å². The van der Waals surface area contributed by atoms with Crippen LogP contribution in [0.15, 0.2) is 18.2 Å². The van der Waals surface area contributed by atoms with Crippen LogP contribution in [0.3, 0.4) is 0 Å². The van der Waals surface area contributed by atoms with Crippen LogP contribution in [0.2, 0.25) is 10.0 Å². The van der Waals surface area contributed by atoms with Crippen LogP contribution in [-0.4, -0.2) is 17.3 Å². The van der Waals surface area contributed by atoms with Gasteiger partial charge in [0.2, 0.25) is 0 Å². The van der Waals surface area contributed by atoms with Crippen LogP contribution in [0.5, 0.6) is 0 Å². The number of benzene rings is 1. The molecule has 0 amide bonds. The maximum absolute atomic E-state index is 9.87. The average molecular weight is 263 g/mol. The van der Waals surface area contributed by atoms with Crippen molar-refractivity contribution in [2.75, 3.05) is 6.61 Å². The Hall–Kier alpha value is -0.280. The molecule has 1 N–H and O–H groups in total. The summed E-state index contributed by atoms with van der Waals surface area (Å²) in [4.78, 5) is 0. The fourth-order valence-electron chi connectivity index (χ4n) is 1.14. The number of ether oxygens (including phenoxy) is 1. The Balaban J connectivity index is 2.66. The van der Waals surface area contributed by atoms with Gasteiger partial charge in [-0.3, -0.25) is 0 Å².